The number of carbonyl (C=O) groups is 1. The molecule has 0 radical (unpaired) electrons. The molecule has 0 saturated carbocycles. The van der Waals surface area contributed by atoms with Gasteiger partial charge in [0.15, 0.2) is 0 Å². The summed E-state index contributed by atoms with van der Waals surface area (Å²) in [5.74, 6) is -0.311. The Labute approximate surface area is 173 Å². The minimum atomic E-state index is -1.00. The van der Waals surface area contributed by atoms with E-state index in [1.165, 1.54) is 0 Å². The van der Waals surface area contributed by atoms with Crippen LogP contribution in [0.2, 0.25) is 0 Å². The van der Waals surface area contributed by atoms with E-state index in [4.69, 9.17) is 9.72 Å². The van der Waals surface area contributed by atoms with Gasteiger partial charge in [0.2, 0.25) is 0 Å². The van der Waals surface area contributed by atoms with Crippen LogP contribution < -0.4 is 4.74 Å². The molecule has 144 valence electrons. The maximum atomic E-state index is 11.9. The zero-order valence-corrected chi connectivity index (χ0v) is 17.5. The molecule has 0 fully saturated rings. The molecular formula is C23H22BrNO3. The lowest BCUT2D eigenvalue weighted by Crippen LogP contribution is -2.11. The fourth-order valence-corrected chi connectivity index (χ4v) is 3.25. The summed E-state index contributed by atoms with van der Waals surface area (Å²) in [5.41, 5.74) is 4.44. The maximum Gasteiger partial charge on any atom is 0.337 e. The number of carboxylic acid groups (broad SMARTS) is 1. The Kier molecular flexibility index (Phi) is 6.47. The average Bonchev–Trinajstić information content (AvgIpc) is 2.68. The second kappa shape index (κ2) is 9.02. The van der Waals surface area contributed by atoms with E-state index in [0.717, 1.165) is 39.7 Å². The van der Waals surface area contributed by atoms with Crippen molar-refractivity contribution in [2.75, 3.05) is 0 Å². The molecule has 0 spiro atoms. The van der Waals surface area contributed by atoms with Gasteiger partial charge in [-0.3, -0.25) is 4.98 Å². The lowest BCUT2D eigenvalue weighted by atomic mass is 9.98. The molecule has 1 N–H and O–H groups in total. The van der Waals surface area contributed by atoms with Crippen LogP contribution in [-0.2, 0) is 13.0 Å². The number of rotatable bonds is 7. The molecule has 0 amide bonds. The number of hydrogen-bond donors (Lipinski definition) is 1. The summed E-state index contributed by atoms with van der Waals surface area (Å²) >= 11 is 3.44. The van der Waals surface area contributed by atoms with E-state index in [1.54, 1.807) is 6.07 Å². The molecule has 0 atom stereocenters. The first-order valence-electron chi connectivity index (χ1n) is 9.19. The van der Waals surface area contributed by atoms with Gasteiger partial charge in [-0.25, -0.2) is 4.79 Å². The highest BCUT2D eigenvalue weighted by atomic mass is 79.9. The molecule has 0 aliphatic carbocycles. The molecule has 3 rings (SSSR count). The van der Waals surface area contributed by atoms with Crippen LogP contribution in [0.25, 0.3) is 11.1 Å². The van der Waals surface area contributed by atoms with Crippen LogP contribution in [-0.4, -0.2) is 16.1 Å². The fourth-order valence-electron chi connectivity index (χ4n) is 2.98. The molecular weight excluding hydrogens is 418 g/mol. The van der Waals surface area contributed by atoms with Gasteiger partial charge in [0.25, 0.3) is 0 Å². The number of aromatic nitrogens is 1. The van der Waals surface area contributed by atoms with Gasteiger partial charge in [0, 0.05) is 15.7 Å². The SMILES string of the molecule is CCCc1nc(COc2ccc(C)cc2)c(C(=O)O)cc1-c1ccc(Br)cc1. The van der Waals surface area contributed by atoms with E-state index >= 15 is 0 Å². The number of hydrogen-bond acceptors (Lipinski definition) is 3. The van der Waals surface area contributed by atoms with E-state index in [2.05, 4.69) is 22.9 Å². The number of nitrogens with zero attached hydrogens (tertiary/aromatic N) is 1. The van der Waals surface area contributed by atoms with Crippen molar-refractivity contribution in [2.45, 2.75) is 33.3 Å². The first-order valence-corrected chi connectivity index (χ1v) is 9.98. The number of carboxylic acids is 1. The monoisotopic (exact) mass is 439 g/mol. The predicted molar refractivity (Wildman–Crippen MR) is 114 cm³/mol. The Morgan fingerprint density at radius 3 is 2.36 bits per heavy atom. The molecule has 1 heterocycles. The smallest absolute Gasteiger partial charge is 0.337 e. The number of benzene rings is 2. The number of halogens is 1. The largest absolute Gasteiger partial charge is 0.487 e. The molecule has 0 aliphatic heterocycles. The minimum absolute atomic E-state index is 0.113. The first-order chi connectivity index (χ1) is 13.5. The quantitative estimate of drug-likeness (QED) is 0.486. The molecule has 0 aliphatic rings. The van der Waals surface area contributed by atoms with E-state index in [0.29, 0.717) is 11.4 Å². The Balaban J connectivity index is 1.99. The third kappa shape index (κ3) is 4.78. The molecule has 28 heavy (non-hydrogen) atoms. The van der Waals surface area contributed by atoms with Crippen molar-refractivity contribution in [3.8, 4) is 16.9 Å². The molecule has 1 aromatic heterocycles. The summed E-state index contributed by atoms with van der Waals surface area (Å²) < 4.78 is 6.78. The Morgan fingerprint density at radius 1 is 1.07 bits per heavy atom. The Morgan fingerprint density at radius 2 is 1.75 bits per heavy atom. The topological polar surface area (TPSA) is 59.4 Å². The highest BCUT2D eigenvalue weighted by molar-refractivity contribution is 9.10. The van der Waals surface area contributed by atoms with Crippen molar-refractivity contribution >= 4 is 21.9 Å². The molecule has 0 bridgehead atoms. The second-order valence-corrected chi connectivity index (χ2v) is 7.56. The summed E-state index contributed by atoms with van der Waals surface area (Å²) in [6.07, 6.45) is 1.68. The summed E-state index contributed by atoms with van der Waals surface area (Å²) in [5, 5.41) is 9.73. The van der Waals surface area contributed by atoms with Crippen molar-refractivity contribution in [1.29, 1.82) is 0 Å². The van der Waals surface area contributed by atoms with E-state index in [1.807, 2.05) is 55.5 Å². The van der Waals surface area contributed by atoms with Crippen molar-refractivity contribution in [2.24, 2.45) is 0 Å². The molecule has 4 nitrogen and oxygen atoms in total. The summed E-state index contributed by atoms with van der Waals surface area (Å²) in [7, 11) is 0. The van der Waals surface area contributed by atoms with Gasteiger partial charge in [-0.15, -0.1) is 0 Å². The van der Waals surface area contributed by atoms with Crippen LogP contribution in [0.4, 0.5) is 0 Å². The van der Waals surface area contributed by atoms with Crippen molar-refractivity contribution < 1.29 is 14.6 Å². The fraction of sp³-hybridized carbons (Fsp3) is 0.217. The van der Waals surface area contributed by atoms with Gasteiger partial charge in [-0.05, 0) is 49.2 Å². The van der Waals surface area contributed by atoms with E-state index in [9.17, 15) is 9.90 Å². The highest BCUT2D eigenvalue weighted by Gasteiger charge is 2.18. The van der Waals surface area contributed by atoms with E-state index in [-0.39, 0.29) is 12.2 Å². The molecule has 0 saturated heterocycles. The average molecular weight is 440 g/mol. The van der Waals surface area contributed by atoms with Gasteiger partial charge in [0.1, 0.15) is 12.4 Å². The lowest BCUT2D eigenvalue weighted by molar-refractivity contribution is 0.0693. The lowest BCUT2D eigenvalue weighted by Gasteiger charge is -2.15. The van der Waals surface area contributed by atoms with E-state index < -0.39 is 5.97 Å². The maximum absolute atomic E-state index is 11.9. The van der Waals surface area contributed by atoms with Crippen molar-refractivity contribution in [3.05, 3.63) is 81.6 Å². The molecule has 2 aromatic carbocycles. The van der Waals surface area contributed by atoms with Gasteiger partial charge in [-0.1, -0.05) is 59.1 Å². The summed E-state index contributed by atoms with van der Waals surface area (Å²) in [6, 6.07) is 17.2. The van der Waals surface area contributed by atoms with Gasteiger partial charge >= 0.3 is 5.97 Å². The van der Waals surface area contributed by atoms with Gasteiger partial charge < -0.3 is 9.84 Å². The third-order valence-corrected chi connectivity index (χ3v) is 4.98. The summed E-state index contributed by atoms with van der Waals surface area (Å²) in [6.45, 7) is 4.20. The number of aromatic carboxylic acids is 1. The Bertz CT molecular complexity index is 966. The van der Waals surface area contributed by atoms with Crippen LogP contribution in [0, 0.1) is 6.92 Å². The Hall–Kier alpha value is -2.66. The van der Waals surface area contributed by atoms with Crippen molar-refractivity contribution in [3.63, 3.8) is 0 Å². The highest BCUT2D eigenvalue weighted by Crippen LogP contribution is 2.28. The number of ether oxygens (including phenoxy) is 1. The zero-order valence-electron chi connectivity index (χ0n) is 15.9. The molecule has 5 heteroatoms. The molecule has 0 unspecified atom stereocenters. The van der Waals surface area contributed by atoms with Crippen LogP contribution in [0.3, 0.4) is 0 Å². The normalized spacial score (nSPS) is 10.7. The minimum Gasteiger partial charge on any atom is -0.487 e. The first kappa shape index (κ1) is 20.1. The van der Waals surface area contributed by atoms with Gasteiger partial charge in [0.05, 0.1) is 11.3 Å². The van der Waals surface area contributed by atoms with Crippen LogP contribution >= 0.6 is 15.9 Å². The second-order valence-electron chi connectivity index (χ2n) is 6.64. The van der Waals surface area contributed by atoms with Gasteiger partial charge in [-0.2, -0.15) is 0 Å². The van der Waals surface area contributed by atoms with Crippen LogP contribution in [0.5, 0.6) is 5.75 Å². The van der Waals surface area contributed by atoms with Crippen LogP contribution in [0.15, 0.2) is 59.1 Å². The molecule has 3 aromatic rings. The number of aryl methyl sites for hydroxylation is 2. The third-order valence-electron chi connectivity index (χ3n) is 4.45. The number of pyridine rings is 1. The van der Waals surface area contributed by atoms with Crippen LogP contribution in [0.1, 0.15) is 40.7 Å². The standard InChI is InChI=1S/C23H22BrNO3/c1-3-4-21-19(16-7-9-17(24)10-8-16)13-20(23(26)27)22(25-21)14-28-18-11-5-15(2)6-12-18/h5-13H,3-4,14H2,1-2H3,(H,26,27). The predicted octanol–water partition coefficient (Wildman–Crippen LogP) is 6.05. The van der Waals surface area contributed by atoms with Crippen molar-refractivity contribution in [1.82, 2.24) is 4.98 Å². The summed E-state index contributed by atoms with van der Waals surface area (Å²) in [4.78, 5) is 16.6. The zero-order chi connectivity index (χ0) is 20.1.